The zero-order valence-electron chi connectivity index (χ0n) is 25.2. The number of fused-ring (bicyclic) bond motifs is 1. The SMILES string of the molecule is C=CCNC(=O)C(=O)C(CCC)NC(=O)[C@@H]1[C@@H]2[C@H](CN1C(=O)[C@@H](NC(=O)OC1CC[C@@H](C)C1)C(C)(C)C)C2(C)C. The van der Waals surface area contributed by atoms with Crippen LogP contribution in [0.5, 0.6) is 0 Å². The van der Waals surface area contributed by atoms with Crippen molar-refractivity contribution in [2.24, 2.45) is 28.6 Å². The van der Waals surface area contributed by atoms with Crippen molar-refractivity contribution in [3.05, 3.63) is 12.7 Å². The summed E-state index contributed by atoms with van der Waals surface area (Å²) in [7, 11) is 0. The van der Waals surface area contributed by atoms with Crippen LogP contribution >= 0.6 is 0 Å². The number of ether oxygens (including phenoxy) is 1. The second kappa shape index (κ2) is 12.3. The van der Waals surface area contributed by atoms with E-state index < -0.39 is 47.2 Å². The Morgan fingerprint density at radius 3 is 2.35 bits per heavy atom. The molecule has 1 aliphatic heterocycles. The number of alkyl carbamates (subject to hydrolysis) is 1. The molecule has 1 saturated heterocycles. The van der Waals surface area contributed by atoms with Crippen molar-refractivity contribution in [1.82, 2.24) is 20.9 Å². The van der Waals surface area contributed by atoms with E-state index in [0.717, 1.165) is 19.3 Å². The third-order valence-electron chi connectivity index (χ3n) is 8.90. The molecule has 0 aromatic carbocycles. The standard InChI is InChI=1S/C30H48N4O6/c1-9-11-20(23(35)26(37)31-14-10-2)32-25(36)22-21-19(30(21,7)8)16-34(22)27(38)24(29(4,5)6)33-28(39)40-18-13-12-17(3)15-18/h10,17-22,24H,2,9,11-16H2,1,3-8H3,(H,31,37)(H,32,36)(H,33,39)/t17-,18?,19+,20?,21+,22+,24-/m1/s1. The highest BCUT2D eigenvalue weighted by molar-refractivity contribution is 6.38. The first-order valence-electron chi connectivity index (χ1n) is 14.6. The van der Waals surface area contributed by atoms with Gasteiger partial charge in [0.1, 0.15) is 18.2 Å². The molecule has 10 nitrogen and oxygen atoms in total. The molecule has 3 rings (SSSR count). The number of hydrogen-bond acceptors (Lipinski definition) is 6. The smallest absolute Gasteiger partial charge is 0.408 e. The van der Waals surface area contributed by atoms with Gasteiger partial charge in [-0.2, -0.15) is 0 Å². The molecule has 0 radical (unpaired) electrons. The normalized spacial score (nSPS) is 28.1. The molecular formula is C30H48N4O6. The maximum Gasteiger partial charge on any atom is 0.408 e. The minimum absolute atomic E-state index is 0.0871. The van der Waals surface area contributed by atoms with Gasteiger partial charge in [0, 0.05) is 13.1 Å². The van der Waals surface area contributed by atoms with Gasteiger partial charge in [0.25, 0.3) is 5.91 Å². The number of likely N-dealkylation sites (tertiary alicyclic amines) is 1. The third-order valence-corrected chi connectivity index (χ3v) is 8.90. The average molecular weight is 561 g/mol. The largest absolute Gasteiger partial charge is 0.446 e. The average Bonchev–Trinajstić information content (AvgIpc) is 3.21. The van der Waals surface area contributed by atoms with Gasteiger partial charge in [-0.05, 0) is 54.3 Å². The molecule has 0 aromatic rings. The number of rotatable bonds is 11. The highest BCUT2D eigenvalue weighted by atomic mass is 16.6. The summed E-state index contributed by atoms with van der Waals surface area (Å²) in [5.41, 5.74) is -0.792. The van der Waals surface area contributed by atoms with Crippen LogP contribution in [0.1, 0.15) is 80.6 Å². The van der Waals surface area contributed by atoms with Crippen molar-refractivity contribution in [2.45, 2.75) is 105 Å². The molecule has 7 atom stereocenters. The van der Waals surface area contributed by atoms with Crippen molar-refractivity contribution >= 4 is 29.6 Å². The van der Waals surface area contributed by atoms with Crippen LogP contribution in [0.15, 0.2) is 12.7 Å². The lowest BCUT2D eigenvalue weighted by Crippen LogP contribution is -2.60. The van der Waals surface area contributed by atoms with E-state index in [0.29, 0.717) is 25.3 Å². The number of amides is 4. The Kier molecular flexibility index (Phi) is 9.73. The minimum atomic E-state index is -1.000. The van der Waals surface area contributed by atoms with E-state index in [1.54, 1.807) is 4.90 Å². The molecule has 0 bridgehead atoms. The lowest BCUT2D eigenvalue weighted by Gasteiger charge is -2.37. The molecule has 2 unspecified atom stereocenters. The van der Waals surface area contributed by atoms with Crippen LogP contribution in [-0.4, -0.2) is 71.8 Å². The Balaban J connectivity index is 1.78. The van der Waals surface area contributed by atoms with E-state index in [1.807, 2.05) is 27.7 Å². The molecule has 2 aliphatic carbocycles. The Hall–Kier alpha value is -2.91. The Morgan fingerprint density at radius 2 is 1.80 bits per heavy atom. The molecule has 0 aromatic heterocycles. The molecule has 2 saturated carbocycles. The van der Waals surface area contributed by atoms with Crippen LogP contribution in [0.25, 0.3) is 0 Å². The van der Waals surface area contributed by atoms with E-state index in [4.69, 9.17) is 4.74 Å². The number of carbonyl (C=O) groups excluding carboxylic acids is 5. The third kappa shape index (κ3) is 6.86. The van der Waals surface area contributed by atoms with Gasteiger partial charge in [-0.15, -0.1) is 6.58 Å². The van der Waals surface area contributed by atoms with Crippen molar-refractivity contribution in [1.29, 1.82) is 0 Å². The molecular weight excluding hydrogens is 512 g/mol. The van der Waals surface area contributed by atoms with Gasteiger partial charge in [0.2, 0.25) is 17.6 Å². The number of nitrogens with zero attached hydrogens (tertiary/aromatic N) is 1. The number of ketones is 1. The predicted molar refractivity (Wildman–Crippen MR) is 151 cm³/mol. The van der Waals surface area contributed by atoms with Crippen LogP contribution in [-0.2, 0) is 23.9 Å². The summed E-state index contributed by atoms with van der Waals surface area (Å²) in [5, 5.41) is 8.06. The lowest BCUT2D eigenvalue weighted by atomic mass is 9.85. The Morgan fingerprint density at radius 1 is 1.12 bits per heavy atom. The molecule has 3 N–H and O–H groups in total. The second-order valence-electron chi connectivity index (χ2n) is 13.5. The number of carbonyl (C=O) groups is 5. The summed E-state index contributed by atoms with van der Waals surface area (Å²) < 4.78 is 5.63. The van der Waals surface area contributed by atoms with E-state index in [1.165, 1.54) is 6.08 Å². The monoisotopic (exact) mass is 560 g/mol. The van der Waals surface area contributed by atoms with Crippen molar-refractivity contribution < 1.29 is 28.7 Å². The first kappa shape index (κ1) is 31.6. The van der Waals surface area contributed by atoms with Crippen LogP contribution in [0.3, 0.4) is 0 Å². The van der Waals surface area contributed by atoms with E-state index >= 15 is 0 Å². The zero-order valence-corrected chi connectivity index (χ0v) is 25.2. The highest BCUT2D eigenvalue weighted by Gasteiger charge is 2.70. The summed E-state index contributed by atoms with van der Waals surface area (Å²) >= 11 is 0. The summed E-state index contributed by atoms with van der Waals surface area (Å²) in [4.78, 5) is 67.3. The van der Waals surface area contributed by atoms with E-state index in [-0.39, 0.29) is 35.8 Å². The maximum atomic E-state index is 14.0. The summed E-state index contributed by atoms with van der Waals surface area (Å²) in [6.07, 6.45) is 4.16. The quantitative estimate of drug-likeness (QED) is 0.263. The molecule has 224 valence electrons. The first-order chi connectivity index (χ1) is 18.6. The zero-order chi connectivity index (χ0) is 30.0. The van der Waals surface area contributed by atoms with Gasteiger partial charge in [0.05, 0.1) is 6.04 Å². The van der Waals surface area contributed by atoms with Gasteiger partial charge in [-0.1, -0.05) is 61.0 Å². The molecule has 1 heterocycles. The maximum absolute atomic E-state index is 14.0. The fraction of sp³-hybridized carbons (Fsp3) is 0.767. The van der Waals surface area contributed by atoms with Gasteiger partial charge in [-0.25, -0.2) is 4.79 Å². The first-order valence-corrected chi connectivity index (χ1v) is 14.6. The number of hydrogen-bond donors (Lipinski definition) is 3. The molecule has 3 aliphatic rings. The van der Waals surface area contributed by atoms with Crippen LogP contribution in [0, 0.1) is 28.6 Å². The Bertz CT molecular complexity index is 1020. The van der Waals surface area contributed by atoms with Crippen molar-refractivity contribution in [2.75, 3.05) is 13.1 Å². The van der Waals surface area contributed by atoms with Crippen molar-refractivity contribution in [3.63, 3.8) is 0 Å². The predicted octanol–water partition coefficient (Wildman–Crippen LogP) is 2.96. The van der Waals surface area contributed by atoms with Crippen LogP contribution < -0.4 is 16.0 Å². The fourth-order valence-electron chi connectivity index (χ4n) is 6.42. The fourth-order valence-corrected chi connectivity index (χ4v) is 6.42. The van der Waals surface area contributed by atoms with Gasteiger partial charge in [0.15, 0.2) is 0 Å². The van der Waals surface area contributed by atoms with Gasteiger partial charge < -0.3 is 25.6 Å². The highest BCUT2D eigenvalue weighted by Crippen LogP contribution is 2.65. The number of Topliss-reactive ketones (excluding diaryl/α,β-unsaturated/α-hetero) is 1. The molecule has 40 heavy (non-hydrogen) atoms. The number of nitrogens with one attached hydrogen (secondary N) is 3. The summed E-state index contributed by atoms with van der Waals surface area (Å²) in [5.74, 6) is -1.79. The number of piperidine rings is 1. The summed E-state index contributed by atoms with van der Waals surface area (Å²) in [6, 6.07) is -2.72. The van der Waals surface area contributed by atoms with Crippen LogP contribution in [0.4, 0.5) is 4.79 Å². The molecule has 0 spiro atoms. The molecule has 4 amide bonds. The van der Waals surface area contributed by atoms with Crippen LogP contribution in [0.2, 0.25) is 0 Å². The van der Waals surface area contributed by atoms with Gasteiger partial charge in [-0.3, -0.25) is 19.2 Å². The molecule has 3 fully saturated rings. The van der Waals surface area contributed by atoms with E-state index in [9.17, 15) is 24.0 Å². The minimum Gasteiger partial charge on any atom is -0.446 e. The van der Waals surface area contributed by atoms with E-state index in [2.05, 4.69) is 43.3 Å². The Labute approximate surface area is 238 Å². The van der Waals surface area contributed by atoms with Gasteiger partial charge >= 0.3 is 6.09 Å². The van der Waals surface area contributed by atoms with Crippen molar-refractivity contribution in [3.8, 4) is 0 Å². The summed E-state index contributed by atoms with van der Waals surface area (Å²) in [6.45, 7) is 17.8. The lowest BCUT2D eigenvalue weighted by molar-refractivity contribution is -0.145. The topological polar surface area (TPSA) is 134 Å². The second-order valence-corrected chi connectivity index (χ2v) is 13.5. The molecule has 10 heteroatoms.